The van der Waals surface area contributed by atoms with E-state index in [1.165, 1.54) is 11.4 Å². The second kappa shape index (κ2) is 17.3. The summed E-state index contributed by atoms with van der Waals surface area (Å²) in [6, 6.07) is 19.4. The van der Waals surface area contributed by atoms with E-state index in [0.29, 0.717) is 11.1 Å². The van der Waals surface area contributed by atoms with Gasteiger partial charge in [0.05, 0.1) is 11.1 Å². The third kappa shape index (κ3) is 9.05. The van der Waals surface area contributed by atoms with Gasteiger partial charge < -0.3 is 14.5 Å². The number of cyclic esters (lactones) is 2. The van der Waals surface area contributed by atoms with E-state index in [9.17, 15) is 9.59 Å². The maximum absolute atomic E-state index is 12.8. The number of benzene rings is 3. The molecule has 0 saturated carbocycles. The van der Waals surface area contributed by atoms with Gasteiger partial charge in [0.15, 0.2) is 0 Å². The Balaban J connectivity index is 1.67. The molecule has 0 atom stereocenters. The van der Waals surface area contributed by atoms with Gasteiger partial charge in [-0.3, -0.25) is 0 Å². The van der Waals surface area contributed by atoms with Gasteiger partial charge in [-0.1, -0.05) is 78.4 Å². The van der Waals surface area contributed by atoms with Gasteiger partial charge in [0.25, 0.3) is 0 Å². The number of allylic oxidation sites excluding steroid dienone is 5. The first kappa shape index (κ1) is 36.7. The Bertz CT molecular complexity index is 1720. The lowest BCUT2D eigenvalue weighted by atomic mass is 9.90. The molecule has 0 aliphatic carbocycles. The van der Waals surface area contributed by atoms with Crippen molar-refractivity contribution in [3.8, 4) is 0 Å². The summed E-state index contributed by atoms with van der Waals surface area (Å²) in [5, 5.41) is 0. The third-order valence-corrected chi connectivity index (χ3v) is 9.05. The molecule has 0 unspecified atom stereocenters. The van der Waals surface area contributed by atoms with Crippen LogP contribution in [0.25, 0.3) is 30.4 Å². The predicted molar refractivity (Wildman–Crippen MR) is 210 cm³/mol. The van der Waals surface area contributed by atoms with Crippen molar-refractivity contribution in [2.75, 3.05) is 36.0 Å². The number of ether oxygens (including phenoxy) is 1. The van der Waals surface area contributed by atoms with Gasteiger partial charge in [0.1, 0.15) is 0 Å². The molecule has 1 aliphatic rings. The summed E-state index contributed by atoms with van der Waals surface area (Å²) >= 11 is 0. The lowest BCUT2D eigenvalue weighted by Gasteiger charge is -2.20. The predicted octanol–water partition coefficient (Wildman–Crippen LogP) is 10.3. The first-order chi connectivity index (χ1) is 23.6. The summed E-state index contributed by atoms with van der Waals surface area (Å²) in [7, 11) is 0. The quantitative estimate of drug-likeness (QED) is 0.0795. The number of esters is 2. The van der Waals surface area contributed by atoms with Crippen molar-refractivity contribution < 1.29 is 14.3 Å². The lowest BCUT2D eigenvalue weighted by Crippen LogP contribution is -2.21. The summed E-state index contributed by atoms with van der Waals surface area (Å²) in [6.45, 7) is 20.3. The molecule has 0 aromatic heterocycles. The van der Waals surface area contributed by atoms with Crippen LogP contribution in [0.3, 0.4) is 0 Å². The molecule has 0 spiro atoms. The average molecular weight is 655 g/mol. The summed E-state index contributed by atoms with van der Waals surface area (Å²) < 4.78 is 5.01. The summed E-state index contributed by atoms with van der Waals surface area (Å²) in [5.41, 5.74) is 11.1. The average Bonchev–Trinajstić information content (AvgIpc) is 3.39. The largest absolute Gasteiger partial charge is 0.386 e. The van der Waals surface area contributed by atoms with Crippen LogP contribution in [0.2, 0.25) is 0 Å². The van der Waals surface area contributed by atoms with Gasteiger partial charge in [0, 0.05) is 37.6 Å². The van der Waals surface area contributed by atoms with Crippen molar-refractivity contribution in [3.63, 3.8) is 0 Å². The Morgan fingerprint density at radius 1 is 0.612 bits per heavy atom. The van der Waals surface area contributed by atoms with Crippen molar-refractivity contribution in [1.29, 1.82) is 0 Å². The molecule has 254 valence electrons. The van der Waals surface area contributed by atoms with Crippen molar-refractivity contribution >= 4 is 53.7 Å². The standard InChI is InChI=1S/C44H50N2O3/c1-9-45(10-2)38-25-21-34(22-26-38)17-13-15-19-36-29-37(20-16-14-18-35-23-27-39(28-24-35)46(11-3)12-4)33(8)40(32(36)7)30-41-42(31(5)6)44(48)49-43(41)47/h13-30H,9-12H2,1-8H3/b17-13+,18-14+,19-15+,20-16+,41-30+. The number of carbonyl (C=O) groups excluding carboxylic acids is 2. The molecule has 49 heavy (non-hydrogen) atoms. The normalized spacial score (nSPS) is 14.4. The van der Waals surface area contributed by atoms with Crippen LogP contribution < -0.4 is 9.80 Å². The minimum Gasteiger partial charge on any atom is -0.386 e. The molecule has 1 heterocycles. The maximum Gasteiger partial charge on any atom is 0.346 e. The van der Waals surface area contributed by atoms with Gasteiger partial charge in [-0.25, -0.2) is 9.59 Å². The van der Waals surface area contributed by atoms with Gasteiger partial charge >= 0.3 is 11.9 Å². The zero-order valence-corrected chi connectivity index (χ0v) is 30.3. The monoisotopic (exact) mass is 654 g/mol. The number of hydrogen-bond donors (Lipinski definition) is 0. The maximum atomic E-state index is 12.8. The highest BCUT2D eigenvalue weighted by Gasteiger charge is 2.34. The molecular weight excluding hydrogens is 604 g/mol. The molecule has 0 amide bonds. The van der Waals surface area contributed by atoms with Gasteiger partial charge in [0.2, 0.25) is 0 Å². The molecular formula is C44H50N2O3. The fourth-order valence-corrected chi connectivity index (χ4v) is 6.11. The molecule has 5 heteroatoms. The Hall–Kier alpha value is -5.16. The topological polar surface area (TPSA) is 49.9 Å². The Kier molecular flexibility index (Phi) is 12.9. The molecule has 4 rings (SSSR count). The molecule has 1 saturated heterocycles. The number of anilines is 2. The van der Waals surface area contributed by atoms with E-state index < -0.39 is 11.9 Å². The van der Waals surface area contributed by atoms with Crippen molar-refractivity contribution in [2.45, 2.75) is 55.4 Å². The molecule has 3 aromatic carbocycles. The van der Waals surface area contributed by atoms with E-state index >= 15 is 0 Å². The van der Waals surface area contributed by atoms with E-state index in [1.54, 1.807) is 0 Å². The minimum absolute atomic E-state index is 0.299. The molecule has 3 aromatic rings. The van der Waals surface area contributed by atoms with E-state index in [-0.39, 0.29) is 0 Å². The number of hydrogen-bond acceptors (Lipinski definition) is 5. The second-order valence-electron chi connectivity index (χ2n) is 12.3. The van der Waals surface area contributed by atoms with Crippen molar-refractivity contribution in [3.05, 3.63) is 135 Å². The van der Waals surface area contributed by atoms with Gasteiger partial charge in [-0.15, -0.1) is 0 Å². The molecule has 0 N–H and O–H groups in total. The second-order valence-corrected chi connectivity index (χ2v) is 12.3. The van der Waals surface area contributed by atoms with Crippen LogP contribution in [0.15, 0.2) is 95.6 Å². The van der Waals surface area contributed by atoms with E-state index in [4.69, 9.17) is 4.74 Å². The fourth-order valence-electron chi connectivity index (χ4n) is 6.11. The van der Waals surface area contributed by atoms with Gasteiger partial charge in [-0.05, 0) is 131 Å². The van der Waals surface area contributed by atoms with Crippen LogP contribution in [0.1, 0.15) is 80.5 Å². The highest BCUT2D eigenvalue weighted by Crippen LogP contribution is 2.32. The summed E-state index contributed by atoms with van der Waals surface area (Å²) in [5.74, 6) is -1.20. The number of rotatable bonds is 13. The molecule has 5 nitrogen and oxygen atoms in total. The van der Waals surface area contributed by atoms with E-state index in [0.717, 1.165) is 70.7 Å². The minimum atomic E-state index is -0.608. The fraction of sp³-hybridized carbons (Fsp3) is 0.273. The highest BCUT2D eigenvalue weighted by atomic mass is 16.6. The Morgan fingerprint density at radius 2 is 1.02 bits per heavy atom. The zero-order chi connectivity index (χ0) is 35.5. The first-order valence-electron chi connectivity index (χ1n) is 17.3. The smallest absolute Gasteiger partial charge is 0.346 e. The van der Waals surface area contributed by atoms with E-state index in [1.807, 2.05) is 58.1 Å². The van der Waals surface area contributed by atoms with Crippen molar-refractivity contribution in [2.24, 2.45) is 0 Å². The Labute approximate surface area is 293 Å². The van der Waals surface area contributed by atoms with Crippen LogP contribution in [-0.2, 0) is 14.3 Å². The third-order valence-electron chi connectivity index (χ3n) is 9.05. The number of nitrogens with zero attached hydrogens (tertiary/aromatic N) is 2. The van der Waals surface area contributed by atoms with Crippen LogP contribution >= 0.6 is 0 Å². The SMILES string of the molecule is CCN(CC)c1ccc(/C=C/C=C/c2cc(/C=C/C=C/c3ccc(N(CC)CC)cc3)c(C)c(/C=C3/C(=O)OC(=O)C3=C(C)C)c2C)cc1. The molecule has 0 radical (unpaired) electrons. The molecule has 1 fully saturated rings. The molecule has 1 aliphatic heterocycles. The highest BCUT2D eigenvalue weighted by molar-refractivity contribution is 6.20. The molecule has 0 bridgehead atoms. The van der Waals surface area contributed by atoms with Gasteiger partial charge in [-0.2, -0.15) is 0 Å². The van der Waals surface area contributed by atoms with E-state index in [2.05, 4.69) is 116 Å². The first-order valence-corrected chi connectivity index (χ1v) is 17.3. The lowest BCUT2D eigenvalue weighted by molar-refractivity contribution is -0.149. The van der Waals surface area contributed by atoms with Crippen LogP contribution in [0.4, 0.5) is 11.4 Å². The van der Waals surface area contributed by atoms with Crippen LogP contribution in [0.5, 0.6) is 0 Å². The Morgan fingerprint density at radius 3 is 1.41 bits per heavy atom. The number of carbonyl (C=O) groups is 2. The van der Waals surface area contributed by atoms with Crippen molar-refractivity contribution in [1.82, 2.24) is 0 Å². The van der Waals surface area contributed by atoms with Crippen LogP contribution in [0, 0.1) is 13.8 Å². The summed E-state index contributed by atoms with van der Waals surface area (Å²) in [6.07, 6.45) is 18.3. The zero-order valence-electron chi connectivity index (χ0n) is 30.3. The summed E-state index contributed by atoms with van der Waals surface area (Å²) in [4.78, 5) is 29.9. The van der Waals surface area contributed by atoms with Crippen LogP contribution in [-0.4, -0.2) is 38.1 Å².